The van der Waals surface area contributed by atoms with Gasteiger partial charge in [0.1, 0.15) is 35.6 Å². The quantitative estimate of drug-likeness (QED) is 0.0154. The number of rotatable bonds is 50. The third-order valence-electron chi connectivity index (χ3n) is 24.8. The second kappa shape index (κ2) is 56.4. The average Bonchev–Trinajstić information content (AvgIpc) is 0.800. The van der Waals surface area contributed by atoms with Crippen LogP contribution in [0.25, 0.3) is 81.0 Å². The Kier molecular flexibility index (Phi) is 42.7. The van der Waals surface area contributed by atoms with E-state index in [2.05, 4.69) is 343 Å². The molecule has 0 saturated carbocycles. The van der Waals surface area contributed by atoms with E-state index in [1.165, 1.54) is 91.2 Å². The number of anilines is 6. The normalized spacial score (nSPS) is 11.7. The van der Waals surface area contributed by atoms with Crippen molar-refractivity contribution in [2.75, 3.05) is 63.7 Å². The minimum absolute atomic E-state index is 0.0364. The molecule has 142 heavy (non-hydrogen) atoms. The van der Waals surface area contributed by atoms with Gasteiger partial charge in [-0.3, -0.25) is 18.7 Å². The maximum Gasteiger partial charge on any atom is 0.335 e. The summed E-state index contributed by atoms with van der Waals surface area (Å²) in [5.74, 6) is 3.95. The number of nitrogens with zero attached hydrogens (tertiary/aromatic N) is 2. The Bertz CT molecular complexity index is 6260. The average molecular weight is 1940 g/mol. The van der Waals surface area contributed by atoms with Crippen molar-refractivity contribution in [3.05, 3.63) is 394 Å². The van der Waals surface area contributed by atoms with Crippen LogP contribution < -0.4 is 28.7 Å². The van der Waals surface area contributed by atoms with Crippen molar-refractivity contribution in [3.8, 4) is 67.5 Å². The molecule has 0 aliphatic rings. The first kappa shape index (κ1) is 108. The van der Waals surface area contributed by atoms with Gasteiger partial charge in [0.2, 0.25) is 0 Å². The zero-order valence-electron chi connectivity index (χ0n) is 84.8. The van der Waals surface area contributed by atoms with Crippen molar-refractivity contribution in [1.29, 1.82) is 0 Å². The Morgan fingerprint density at radius 3 is 0.930 bits per heavy atom. The number of carbonyl (C=O) groups is 2. The van der Waals surface area contributed by atoms with Gasteiger partial charge in [-0.25, -0.2) is 0 Å². The number of hydrogen-bond donors (Lipinski definition) is 0. The van der Waals surface area contributed by atoms with Gasteiger partial charge < -0.3 is 46.8 Å². The summed E-state index contributed by atoms with van der Waals surface area (Å²) in [6.45, 7) is 22.6. The van der Waals surface area contributed by atoms with Crippen molar-refractivity contribution in [2.24, 2.45) is 11.8 Å². The summed E-state index contributed by atoms with van der Waals surface area (Å²) in [4.78, 5) is 26.5. The van der Waals surface area contributed by atoms with Crippen LogP contribution in [0.2, 0.25) is 0 Å². The lowest BCUT2D eigenvalue weighted by molar-refractivity contribution is 0.111. The zero-order chi connectivity index (χ0) is 100. The molecule has 0 spiro atoms. The van der Waals surface area contributed by atoms with E-state index in [-0.39, 0.29) is 38.8 Å². The van der Waals surface area contributed by atoms with Crippen molar-refractivity contribution in [1.82, 2.24) is 0 Å². The highest BCUT2D eigenvalue weighted by molar-refractivity contribution is 7.53. The van der Waals surface area contributed by atoms with Crippen LogP contribution in [-0.2, 0) is 39.5 Å². The largest absolute Gasteiger partial charge is 0.496 e. The number of aryl methyl sites for hydroxylation is 2. The molecule has 14 rings (SSSR count). The molecule has 1 atom stereocenters. The van der Waals surface area contributed by atoms with Gasteiger partial charge >= 0.3 is 15.2 Å². The maximum atomic E-state index is 13.3. The molecular weight excluding hydrogens is 1800 g/mol. The molecule has 0 saturated heterocycles. The molecule has 0 fully saturated rings. The topological polar surface area (TPSA) is 149 Å². The molecule has 0 amide bonds. The Morgan fingerprint density at radius 1 is 0.289 bits per heavy atom. The Labute approximate surface area is 844 Å². The maximum absolute atomic E-state index is 13.3. The first-order valence-electron chi connectivity index (χ1n) is 50.3. The van der Waals surface area contributed by atoms with Crippen molar-refractivity contribution in [3.63, 3.8) is 0 Å². The van der Waals surface area contributed by atoms with E-state index in [0.29, 0.717) is 58.8 Å². The molecule has 0 radical (unpaired) electrons. The number of aldehydes is 2. The van der Waals surface area contributed by atoms with Gasteiger partial charge in [0.15, 0.2) is 0 Å². The van der Waals surface area contributed by atoms with Gasteiger partial charge in [0, 0.05) is 67.5 Å². The minimum Gasteiger partial charge on any atom is -0.496 e. The summed E-state index contributed by atoms with van der Waals surface area (Å²) in [5.41, 5.74) is 27.2. The van der Waals surface area contributed by atoms with Gasteiger partial charge in [0.05, 0.1) is 66.2 Å². The first-order chi connectivity index (χ1) is 69.2. The second-order valence-corrected chi connectivity index (χ2v) is 40.2. The Balaban J connectivity index is 0.000000208. The van der Waals surface area contributed by atoms with Gasteiger partial charge in [-0.1, -0.05) is 370 Å². The van der Waals surface area contributed by atoms with Gasteiger partial charge in [-0.15, -0.1) is 0 Å². The molecule has 0 N–H and O–H groups in total. The van der Waals surface area contributed by atoms with Gasteiger partial charge in [0.25, 0.3) is 0 Å². The molecule has 0 aliphatic heterocycles. The van der Waals surface area contributed by atoms with Crippen molar-refractivity contribution in [2.45, 2.75) is 159 Å². The number of carbonyl (C=O) groups excluding carboxylic acids is 2. The predicted molar refractivity (Wildman–Crippen MR) is 595 cm³/mol. The monoisotopic (exact) mass is 1930 g/mol. The van der Waals surface area contributed by atoms with Crippen LogP contribution in [0.3, 0.4) is 0 Å². The number of hydrogen-bond acceptors (Lipinski definition) is 14. The third kappa shape index (κ3) is 32.9. The van der Waals surface area contributed by atoms with E-state index in [1.807, 2.05) is 60.7 Å². The van der Waals surface area contributed by atoms with E-state index >= 15 is 0 Å². The molecule has 14 aromatic rings. The molecule has 0 heterocycles. The zero-order valence-corrected chi connectivity index (χ0v) is 86.6. The molecule has 14 nitrogen and oxygen atoms in total. The fourth-order valence-electron chi connectivity index (χ4n) is 16.9. The first-order valence-corrected chi connectivity index (χ1v) is 53.7. The molecule has 0 aromatic heterocycles. The lowest BCUT2D eigenvalue weighted by Gasteiger charge is -2.26. The summed E-state index contributed by atoms with van der Waals surface area (Å²) >= 11 is 0. The lowest BCUT2D eigenvalue weighted by atomic mass is 9.98. The molecular formula is C126H140N2O12P2. The fraction of sp³-hybridized carbons (Fsp3) is 0.270. The lowest BCUT2D eigenvalue weighted by Crippen LogP contribution is -2.09. The Hall–Kier alpha value is -13.3. The van der Waals surface area contributed by atoms with Crippen LogP contribution in [0.1, 0.15) is 209 Å². The van der Waals surface area contributed by atoms with E-state index in [9.17, 15) is 18.7 Å². The van der Waals surface area contributed by atoms with Crippen molar-refractivity contribution >= 4 is 98.3 Å². The SMILES string of the molecule is CCCCCCCCCCOc1cc(C=Cc2ccc(-c3ccc(N(c4ccc(C)cc4)c4ccc(-c5ccc(C=Cc6ccccc6)cc5)cc4)cc3)cc2)c(OC)cc1C=Cc1ccccc1.CCOP(=O)(Cc1cc(OCCC(C)CCCC(C)C)c(CP(=O)(OCC)OCC)cc1OC)OCC.Cc1ccc(N(c2ccc(-c3ccc(C=O)cc3)cc2)c2ccc(-c3ccc(C=O)cc3)cc2)cc1. The number of methoxy groups -OCH3 is 2. The molecule has 14 aromatic carbocycles. The van der Waals surface area contributed by atoms with Crippen LogP contribution in [-0.4, -0.2) is 66.4 Å². The molecule has 1 unspecified atom stereocenters. The number of unbranched alkanes of at least 4 members (excludes halogenated alkanes) is 7. The third-order valence-corrected chi connectivity index (χ3v) is 28.8. The van der Waals surface area contributed by atoms with Crippen LogP contribution in [0.4, 0.5) is 34.1 Å². The predicted octanol–water partition coefficient (Wildman–Crippen LogP) is 35.7. The highest BCUT2D eigenvalue weighted by Gasteiger charge is 2.31. The minimum atomic E-state index is -3.39. The van der Waals surface area contributed by atoms with Crippen LogP contribution >= 0.6 is 15.2 Å². The summed E-state index contributed by atoms with van der Waals surface area (Å²) < 4.78 is 73.0. The molecule has 0 aliphatic carbocycles. The standard InChI is InChI=1S/C66H65NO2.C33H25NO2.C27H50O8P2/c1-4-5-6-7-8-9-10-17-48-69-66-50-60(65(68-3)49-61(66)37-30-53-20-15-12-16-21-53)36-31-55-28-34-57(35-29-55)59-40-46-64(47-41-59)67(62-42-22-51(2)23-43-62)63-44-38-58(39-45-63)56-32-26-54(27-33-56)25-24-52-18-13-11-14-19-52;1-24-2-16-31(17-3-24)34(32-18-12-29(13-19-32)27-8-4-25(22-35)5-9-27)33-20-14-30(15-21-33)28-10-6-26(23-36)7-11-28;1-9-32-36(28,33-10-2)20-24-19-27(31-17-16-23(7)15-13-14-22(5)6)25(18-26(24)30-8)21-37(29,34-11-3)35-12-4/h11-16,18-47,49-50H,4-10,17,48H2,1-3H3;2-23H,1H3;18-19,22-23H,9-17,20-21H2,1-8H3. The summed E-state index contributed by atoms with van der Waals surface area (Å²) in [7, 11) is -3.49. The van der Waals surface area contributed by atoms with Crippen LogP contribution in [0.15, 0.2) is 328 Å². The Morgan fingerprint density at radius 2 is 0.585 bits per heavy atom. The molecule has 0 bridgehead atoms. The van der Waals surface area contributed by atoms with Gasteiger partial charge in [-0.05, 0) is 230 Å². The highest BCUT2D eigenvalue weighted by atomic mass is 31.2. The second-order valence-electron chi connectivity index (χ2n) is 36.1. The fourth-order valence-corrected chi connectivity index (χ4v) is 20.3. The summed E-state index contributed by atoms with van der Waals surface area (Å²) in [5, 5.41) is 0. The smallest absolute Gasteiger partial charge is 0.335 e. The van der Waals surface area contributed by atoms with Crippen LogP contribution in [0.5, 0.6) is 23.0 Å². The summed E-state index contributed by atoms with van der Waals surface area (Å²) in [6, 6.07) is 113. The van der Waals surface area contributed by atoms with Gasteiger partial charge in [-0.2, -0.15) is 0 Å². The molecule has 16 heteroatoms. The summed E-state index contributed by atoms with van der Waals surface area (Å²) in [6.07, 6.45) is 29.3. The van der Waals surface area contributed by atoms with E-state index in [1.54, 1.807) is 54.0 Å². The highest BCUT2D eigenvalue weighted by Crippen LogP contribution is 2.56. The molecule has 736 valence electrons. The van der Waals surface area contributed by atoms with Crippen molar-refractivity contribution < 1.29 is 55.8 Å². The van der Waals surface area contributed by atoms with E-state index < -0.39 is 15.2 Å². The van der Waals surface area contributed by atoms with Crippen LogP contribution in [0, 0.1) is 25.7 Å². The van der Waals surface area contributed by atoms with E-state index in [4.69, 9.17) is 37.0 Å². The number of benzene rings is 14. The van der Waals surface area contributed by atoms with E-state index in [0.717, 1.165) is 133 Å². The number of ether oxygens (including phenoxy) is 4.